The number of aromatic nitrogens is 1. The van der Waals surface area contributed by atoms with E-state index in [1.807, 2.05) is 30.3 Å². The fourth-order valence-corrected chi connectivity index (χ4v) is 4.60. The molecule has 1 saturated heterocycles. The summed E-state index contributed by atoms with van der Waals surface area (Å²) in [5.74, 6) is 0.221. The van der Waals surface area contributed by atoms with Crippen LogP contribution in [0.1, 0.15) is 46.7 Å². The third kappa shape index (κ3) is 4.50. The highest BCUT2D eigenvalue weighted by Gasteiger charge is 2.24. The molecule has 3 heterocycles. The van der Waals surface area contributed by atoms with Gasteiger partial charge in [0.1, 0.15) is 0 Å². The van der Waals surface area contributed by atoms with Crippen LogP contribution in [0, 0.1) is 0 Å². The second-order valence-electron chi connectivity index (χ2n) is 7.66. The summed E-state index contributed by atoms with van der Waals surface area (Å²) < 4.78 is 5.51. The van der Waals surface area contributed by atoms with E-state index in [4.69, 9.17) is 9.72 Å². The van der Waals surface area contributed by atoms with Crippen LogP contribution in [0.4, 0.5) is 0 Å². The van der Waals surface area contributed by atoms with Crippen molar-refractivity contribution in [3.8, 4) is 0 Å². The van der Waals surface area contributed by atoms with Gasteiger partial charge < -0.3 is 10.1 Å². The van der Waals surface area contributed by atoms with Crippen LogP contribution in [-0.2, 0) is 4.74 Å². The standard InChI is InChI=1S/C23H27N3O2S/c1-16(2)20-14-18(17-6-3-4-7-19(17)25-20)23(27)24-15-21(22-8-5-13-29-22)26-9-11-28-12-10-26/h3-8,13-14,16,21H,9-12,15H2,1-2H3,(H,24,27). The van der Waals surface area contributed by atoms with Crippen LogP contribution in [0.5, 0.6) is 0 Å². The number of nitrogens with one attached hydrogen (secondary N) is 1. The highest BCUT2D eigenvalue weighted by Crippen LogP contribution is 2.26. The zero-order chi connectivity index (χ0) is 20.2. The van der Waals surface area contributed by atoms with Crippen LogP contribution in [0.2, 0.25) is 0 Å². The van der Waals surface area contributed by atoms with Crippen molar-refractivity contribution < 1.29 is 9.53 Å². The predicted molar refractivity (Wildman–Crippen MR) is 118 cm³/mol. The van der Waals surface area contributed by atoms with Crippen LogP contribution < -0.4 is 5.32 Å². The molecule has 1 atom stereocenters. The van der Waals surface area contributed by atoms with E-state index < -0.39 is 0 Å². The first kappa shape index (κ1) is 20.0. The number of benzene rings is 1. The lowest BCUT2D eigenvalue weighted by molar-refractivity contribution is 0.0169. The Bertz CT molecular complexity index is 965. The molecule has 1 fully saturated rings. The molecule has 1 unspecified atom stereocenters. The minimum atomic E-state index is -0.0414. The largest absolute Gasteiger partial charge is 0.379 e. The van der Waals surface area contributed by atoms with Crippen LogP contribution in [-0.4, -0.2) is 48.6 Å². The molecule has 1 amide bonds. The van der Waals surface area contributed by atoms with E-state index in [1.54, 1.807) is 11.3 Å². The van der Waals surface area contributed by atoms with E-state index in [0.717, 1.165) is 42.9 Å². The van der Waals surface area contributed by atoms with Gasteiger partial charge in [0.2, 0.25) is 0 Å². The van der Waals surface area contributed by atoms with E-state index in [1.165, 1.54) is 4.88 Å². The molecule has 0 radical (unpaired) electrons. The van der Waals surface area contributed by atoms with Gasteiger partial charge in [-0.1, -0.05) is 38.1 Å². The topological polar surface area (TPSA) is 54.5 Å². The summed E-state index contributed by atoms with van der Waals surface area (Å²) in [5.41, 5.74) is 2.51. The first-order chi connectivity index (χ1) is 14.1. The molecule has 0 spiro atoms. The number of pyridine rings is 1. The van der Waals surface area contributed by atoms with E-state index >= 15 is 0 Å². The number of carbonyl (C=O) groups is 1. The van der Waals surface area contributed by atoms with Gasteiger partial charge >= 0.3 is 0 Å². The van der Waals surface area contributed by atoms with Crippen LogP contribution in [0.25, 0.3) is 10.9 Å². The third-order valence-corrected chi connectivity index (χ3v) is 6.36. The number of ether oxygens (including phenoxy) is 1. The minimum Gasteiger partial charge on any atom is -0.379 e. The van der Waals surface area contributed by atoms with Gasteiger partial charge in [-0.05, 0) is 29.5 Å². The number of nitrogens with zero attached hydrogens (tertiary/aromatic N) is 2. The smallest absolute Gasteiger partial charge is 0.252 e. The van der Waals surface area contributed by atoms with Gasteiger partial charge in [-0.2, -0.15) is 0 Å². The highest BCUT2D eigenvalue weighted by atomic mass is 32.1. The van der Waals surface area contributed by atoms with Crippen LogP contribution in [0.3, 0.4) is 0 Å². The Hall–Kier alpha value is -2.28. The molecular formula is C23H27N3O2S. The fourth-order valence-electron chi connectivity index (χ4n) is 3.74. The summed E-state index contributed by atoms with van der Waals surface area (Å²) in [6.45, 7) is 8.02. The lowest BCUT2D eigenvalue weighted by Crippen LogP contribution is -2.43. The van der Waals surface area contributed by atoms with Gasteiger partial charge in [-0.15, -0.1) is 11.3 Å². The molecule has 1 N–H and O–H groups in total. The summed E-state index contributed by atoms with van der Waals surface area (Å²) >= 11 is 1.74. The van der Waals surface area contributed by atoms with Gasteiger partial charge in [0.15, 0.2) is 0 Å². The number of carbonyl (C=O) groups excluding carboxylic acids is 1. The summed E-state index contributed by atoms with van der Waals surface area (Å²) in [7, 11) is 0. The Morgan fingerprint density at radius 2 is 2.00 bits per heavy atom. The quantitative estimate of drug-likeness (QED) is 0.662. The maximum atomic E-state index is 13.2. The summed E-state index contributed by atoms with van der Waals surface area (Å²) in [6.07, 6.45) is 0. The van der Waals surface area contributed by atoms with Crippen molar-refractivity contribution in [1.82, 2.24) is 15.2 Å². The number of rotatable bonds is 6. The average Bonchev–Trinajstić information content (AvgIpc) is 3.28. The van der Waals surface area contributed by atoms with Crippen molar-refractivity contribution in [2.45, 2.75) is 25.8 Å². The maximum Gasteiger partial charge on any atom is 0.252 e. The summed E-state index contributed by atoms with van der Waals surface area (Å²) in [6, 6.07) is 14.2. The number of hydrogen-bond acceptors (Lipinski definition) is 5. The molecule has 1 aromatic carbocycles. The Kier molecular flexibility index (Phi) is 6.23. The molecule has 152 valence electrons. The van der Waals surface area contributed by atoms with Crippen molar-refractivity contribution in [3.05, 3.63) is 64.0 Å². The zero-order valence-electron chi connectivity index (χ0n) is 16.9. The molecule has 0 bridgehead atoms. The third-order valence-electron chi connectivity index (χ3n) is 5.39. The monoisotopic (exact) mass is 409 g/mol. The molecule has 3 aromatic rings. The molecule has 1 aliphatic heterocycles. The first-order valence-corrected chi connectivity index (χ1v) is 11.0. The average molecular weight is 410 g/mol. The molecule has 5 nitrogen and oxygen atoms in total. The van der Waals surface area contributed by atoms with Crippen molar-refractivity contribution in [1.29, 1.82) is 0 Å². The number of thiophene rings is 1. The molecular weight excluding hydrogens is 382 g/mol. The van der Waals surface area contributed by atoms with Crippen molar-refractivity contribution in [2.75, 3.05) is 32.8 Å². The van der Waals surface area contributed by atoms with Gasteiger partial charge in [0.05, 0.1) is 30.3 Å². The molecule has 2 aromatic heterocycles. The number of amides is 1. The highest BCUT2D eigenvalue weighted by molar-refractivity contribution is 7.10. The van der Waals surface area contributed by atoms with Crippen LogP contribution >= 0.6 is 11.3 Å². The second kappa shape index (κ2) is 9.03. The number of para-hydroxylation sites is 1. The van der Waals surface area contributed by atoms with Gasteiger partial charge in [0.25, 0.3) is 5.91 Å². The summed E-state index contributed by atoms with van der Waals surface area (Å²) in [5, 5.41) is 6.19. The van der Waals surface area contributed by atoms with E-state index in [-0.39, 0.29) is 17.9 Å². The van der Waals surface area contributed by atoms with Crippen LogP contribution in [0.15, 0.2) is 47.8 Å². The van der Waals surface area contributed by atoms with E-state index in [2.05, 4.69) is 41.6 Å². The lowest BCUT2D eigenvalue weighted by atomic mass is 10.0. The molecule has 29 heavy (non-hydrogen) atoms. The Balaban J connectivity index is 1.58. The maximum absolute atomic E-state index is 13.2. The normalized spacial score (nSPS) is 16.2. The summed E-state index contributed by atoms with van der Waals surface area (Å²) in [4.78, 5) is 21.6. The number of fused-ring (bicyclic) bond motifs is 1. The molecule has 0 saturated carbocycles. The molecule has 1 aliphatic rings. The zero-order valence-corrected chi connectivity index (χ0v) is 17.7. The molecule has 0 aliphatic carbocycles. The molecule has 6 heteroatoms. The van der Waals surface area contributed by atoms with E-state index in [0.29, 0.717) is 12.1 Å². The van der Waals surface area contributed by atoms with Gasteiger partial charge in [0, 0.05) is 35.6 Å². The van der Waals surface area contributed by atoms with E-state index in [9.17, 15) is 4.79 Å². The second-order valence-corrected chi connectivity index (χ2v) is 8.64. The SMILES string of the molecule is CC(C)c1cc(C(=O)NCC(c2cccs2)N2CCOCC2)c2ccccc2n1. The minimum absolute atomic E-state index is 0.0414. The fraction of sp³-hybridized carbons (Fsp3) is 0.391. The Labute approximate surface area is 175 Å². The Morgan fingerprint density at radius 1 is 1.21 bits per heavy atom. The van der Waals surface area contributed by atoms with Crippen molar-refractivity contribution >= 4 is 28.1 Å². The first-order valence-electron chi connectivity index (χ1n) is 10.2. The predicted octanol–water partition coefficient (Wildman–Crippen LogP) is 4.22. The van der Waals surface area contributed by atoms with Gasteiger partial charge in [-0.25, -0.2) is 0 Å². The number of hydrogen-bond donors (Lipinski definition) is 1. The number of morpholine rings is 1. The van der Waals surface area contributed by atoms with Crippen molar-refractivity contribution in [3.63, 3.8) is 0 Å². The van der Waals surface area contributed by atoms with Crippen molar-refractivity contribution in [2.24, 2.45) is 0 Å². The molecule has 4 rings (SSSR count). The Morgan fingerprint density at radius 3 is 2.72 bits per heavy atom. The lowest BCUT2D eigenvalue weighted by Gasteiger charge is -2.34. The van der Waals surface area contributed by atoms with Gasteiger partial charge in [-0.3, -0.25) is 14.7 Å².